The molecule has 0 atom stereocenters. The molecule has 18 heavy (non-hydrogen) atoms. The molecule has 6 heteroatoms. The van der Waals surface area contributed by atoms with Crippen molar-refractivity contribution >= 4 is 15.7 Å². The van der Waals surface area contributed by atoms with Crippen LogP contribution < -0.4 is 5.32 Å². The van der Waals surface area contributed by atoms with Crippen molar-refractivity contribution in [2.24, 2.45) is 0 Å². The lowest BCUT2D eigenvalue weighted by Gasteiger charge is -2.05. The van der Waals surface area contributed by atoms with Crippen LogP contribution in [0.15, 0.2) is 47.8 Å². The van der Waals surface area contributed by atoms with Crippen LogP contribution in [0, 0.1) is 0 Å². The Balaban J connectivity index is 2.03. The number of anilines is 1. The molecule has 0 saturated carbocycles. The molecule has 0 bridgehead atoms. The minimum absolute atomic E-state index is 0.325. The first kappa shape index (κ1) is 12.5. The Labute approximate surface area is 106 Å². The maximum absolute atomic E-state index is 11.3. The van der Waals surface area contributed by atoms with Crippen LogP contribution in [0.3, 0.4) is 0 Å². The van der Waals surface area contributed by atoms with Gasteiger partial charge in [0.2, 0.25) is 0 Å². The van der Waals surface area contributed by atoms with E-state index in [0.29, 0.717) is 17.3 Å². The Kier molecular flexibility index (Phi) is 3.57. The molecular weight excluding hydrogens is 250 g/mol. The van der Waals surface area contributed by atoms with Gasteiger partial charge in [0.05, 0.1) is 11.1 Å². The average Bonchev–Trinajstić information content (AvgIpc) is 2.37. The van der Waals surface area contributed by atoms with Crippen molar-refractivity contribution in [2.45, 2.75) is 11.4 Å². The first-order valence-corrected chi connectivity index (χ1v) is 7.24. The molecule has 1 heterocycles. The zero-order valence-corrected chi connectivity index (χ0v) is 10.7. The summed E-state index contributed by atoms with van der Waals surface area (Å²) in [6.45, 7) is 0.572. The van der Waals surface area contributed by atoms with Gasteiger partial charge in [-0.25, -0.2) is 13.4 Å². The summed E-state index contributed by atoms with van der Waals surface area (Å²) in [6, 6.07) is 6.76. The zero-order chi connectivity index (χ0) is 13.0. The van der Waals surface area contributed by atoms with Crippen LogP contribution in [0.25, 0.3) is 0 Å². The van der Waals surface area contributed by atoms with Crippen molar-refractivity contribution in [3.05, 3.63) is 48.4 Å². The smallest absolute Gasteiger partial charge is 0.175 e. The first-order chi connectivity index (χ1) is 8.55. The number of rotatable bonds is 4. The van der Waals surface area contributed by atoms with Crippen LogP contribution in [0.2, 0.25) is 0 Å². The predicted octanol–water partition coefficient (Wildman–Crippen LogP) is 1.49. The maximum atomic E-state index is 11.3. The fourth-order valence-corrected chi connectivity index (χ4v) is 2.07. The lowest BCUT2D eigenvalue weighted by molar-refractivity contribution is 0.602. The normalized spacial score (nSPS) is 11.2. The van der Waals surface area contributed by atoms with Gasteiger partial charge in [-0.3, -0.25) is 4.98 Å². The van der Waals surface area contributed by atoms with Gasteiger partial charge in [-0.1, -0.05) is 12.1 Å². The minimum Gasteiger partial charge on any atom is -0.365 e. The third-order valence-corrected chi connectivity index (χ3v) is 3.52. The lowest BCUT2D eigenvalue weighted by Crippen LogP contribution is -2.02. The summed E-state index contributed by atoms with van der Waals surface area (Å²) >= 11 is 0. The van der Waals surface area contributed by atoms with Gasteiger partial charge in [-0.2, -0.15) is 0 Å². The molecule has 1 aromatic heterocycles. The van der Waals surface area contributed by atoms with Crippen LogP contribution in [-0.4, -0.2) is 24.6 Å². The fourth-order valence-electron chi connectivity index (χ4n) is 1.44. The van der Waals surface area contributed by atoms with Crippen molar-refractivity contribution in [3.8, 4) is 0 Å². The van der Waals surface area contributed by atoms with E-state index in [1.807, 2.05) is 0 Å². The third kappa shape index (κ3) is 3.27. The molecule has 1 N–H and O–H groups in total. The van der Waals surface area contributed by atoms with Crippen molar-refractivity contribution in [3.63, 3.8) is 0 Å². The van der Waals surface area contributed by atoms with Gasteiger partial charge >= 0.3 is 0 Å². The highest BCUT2D eigenvalue weighted by Gasteiger charge is 2.05. The Morgan fingerprint density at radius 3 is 2.44 bits per heavy atom. The summed E-state index contributed by atoms with van der Waals surface area (Å²) in [4.78, 5) is 8.34. The predicted molar refractivity (Wildman–Crippen MR) is 68.9 cm³/mol. The summed E-state index contributed by atoms with van der Waals surface area (Å²) in [6.07, 6.45) is 6.03. The number of nitrogens with one attached hydrogen (secondary N) is 1. The quantitative estimate of drug-likeness (QED) is 0.905. The Bertz CT molecular complexity index is 610. The Morgan fingerprint density at radius 1 is 1.17 bits per heavy atom. The highest BCUT2D eigenvalue weighted by Crippen LogP contribution is 2.11. The van der Waals surface area contributed by atoms with E-state index in [9.17, 15) is 8.42 Å². The van der Waals surface area contributed by atoms with Gasteiger partial charge < -0.3 is 5.32 Å². The SMILES string of the molecule is CS(=O)(=O)c1ccc(CNc2cnccn2)cc1. The molecule has 2 rings (SSSR count). The van der Waals surface area contributed by atoms with E-state index < -0.39 is 9.84 Å². The standard InChI is InChI=1S/C12H13N3O2S/c1-18(16,17)11-4-2-10(3-5-11)8-15-12-9-13-6-7-14-12/h2-7,9H,8H2,1H3,(H,14,15). The van der Waals surface area contributed by atoms with E-state index in [4.69, 9.17) is 0 Å². The second-order valence-corrected chi connectivity index (χ2v) is 5.88. The monoisotopic (exact) mass is 263 g/mol. The number of benzene rings is 1. The molecule has 94 valence electrons. The average molecular weight is 263 g/mol. The van der Waals surface area contributed by atoms with E-state index in [-0.39, 0.29) is 0 Å². The van der Waals surface area contributed by atoms with E-state index >= 15 is 0 Å². The van der Waals surface area contributed by atoms with Crippen molar-refractivity contribution < 1.29 is 8.42 Å². The Hall–Kier alpha value is -1.95. The Morgan fingerprint density at radius 2 is 1.89 bits per heavy atom. The van der Waals surface area contributed by atoms with Gasteiger partial charge in [0, 0.05) is 25.2 Å². The molecule has 0 amide bonds. The first-order valence-electron chi connectivity index (χ1n) is 5.34. The number of hydrogen-bond acceptors (Lipinski definition) is 5. The second kappa shape index (κ2) is 5.14. The molecule has 2 aromatic rings. The summed E-state index contributed by atoms with van der Waals surface area (Å²) < 4.78 is 22.6. The molecule has 0 saturated heterocycles. The van der Waals surface area contributed by atoms with Gasteiger partial charge in [-0.05, 0) is 17.7 Å². The zero-order valence-electron chi connectivity index (χ0n) is 9.87. The van der Waals surface area contributed by atoms with Gasteiger partial charge in [0.15, 0.2) is 9.84 Å². The van der Waals surface area contributed by atoms with Crippen LogP contribution in [0.4, 0.5) is 5.82 Å². The van der Waals surface area contributed by atoms with Gasteiger partial charge in [0.25, 0.3) is 0 Å². The minimum atomic E-state index is -3.13. The van der Waals surface area contributed by atoms with Gasteiger partial charge in [0.1, 0.15) is 5.82 Å². The molecule has 0 unspecified atom stereocenters. The highest BCUT2D eigenvalue weighted by molar-refractivity contribution is 7.90. The molecule has 0 aliphatic carbocycles. The summed E-state index contributed by atoms with van der Waals surface area (Å²) in [7, 11) is -3.13. The molecule has 0 spiro atoms. The second-order valence-electron chi connectivity index (χ2n) is 3.86. The molecule has 5 nitrogen and oxygen atoms in total. The van der Waals surface area contributed by atoms with E-state index in [2.05, 4.69) is 15.3 Å². The molecular formula is C12H13N3O2S. The fraction of sp³-hybridized carbons (Fsp3) is 0.167. The molecule has 0 aliphatic rings. The number of aromatic nitrogens is 2. The maximum Gasteiger partial charge on any atom is 0.175 e. The molecule has 0 fully saturated rings. The summed E-state index contributed by atoms with van der Waals surface area (Å²) in [5.41, 5.74) is 0.980. The van der Waals surface area contributed by atoms with E-state index in [1.165, 1.54) is 6.26 Å². The summed E-state index contributed by atoms with van der Waals surface area (Å²) in [5, 5.41) is 3.10. The lowest BCUT2D eigenvalue weighted by atomic mass is 10.2. The van der Waals surface area contributed by atoms with E-state index in [1.54, 1.807) is 42.9 Å². The van der Waals surface area contributed by atoms with Crippen molar-refractivity contribution in [2.75, 3.05) is 11.6 Å². The van der Waals surface area contributed by atoms with Crippen LogP contribution in [-0.2, 0) is 16.4 Å². The topological polar surface area (TPSA) is 72.0 Å². The van der Waals surface area contributed by atoms with Crippen LogP contribution in [0.1, 0.15) is 5.56 Å². The number of nitrogens with zero attached hydrogens (tertiary/aromatic N) is 2. The van der Waals surface area contributed by atoms with Crippen LogP contribution in [0.5, 0.6) is 0 Å². The number of hydrogen-bond donors (Lipinski definition) is 1. The third-order valence-electron chi connectivity index (χ3n) is 2.39. The summed E-state index contributed by atoms with van der Waals surface area (Å²) in [5.74, 6) is 0.685. The highest BCUT2D eigenvalue weighted by atomic mass is 32.2. The van der Waals surface area contributed by atoms with Crippen LogP contribution >= 0.6 is 0 Å². The molecule has 1 aromatic carbocycles. The van der Waals surface area contributed by atoms with E-state index in [0.717, 1.165) is 5.56 Å². The molecule has 0 radical (unpaired) electrons. The largest absolute Gasteiger partial charge is 0.365 e. The van der Waals surface area contributed by atoms with Crippen molar-refractivity contribution in [1.82, 2.24) is 9.97 Å². The number of sulfone groups is 1. The molecule has 0 aliphatic heterocycles. The van der Waals surface area contributed by atoms with Crippen molar-refractivity contribution in [1.29, 1.82) is 0 Å². The van der Waals surface area contributed by atoms with Gasteiger partial charge in [-0.15, -0.1) is 0 Å².